The smallest absolute Gasteiger partial charge is 0.162 e. The van der Waals surface area contributed by atoms with Gasteiger partial charge in [-0.25, -0.2) is 17.2 Å². The Morgan fingerprint density at radius 3 is 2.32 bits per heavy atom. The molecule has 0 amide bonds. The van der Waals surface area contributed by atoms with E-state index in [1.165, 1.54) is 6.92 Å². The molecule has 2 aromatic carbocycles. The van der Waals surface area contributed by atoms with Gasteiger partial charge in [0, 0.05) is 5.56 Å². The maximum absolute atomic E-state index is 13.6. The van der Waals surface area contributed by atoms with E-state index in [2.05, 4.69) is 4.99 Å². The van der Waals surface area contributed by atoms with Crippen LogP contribution in [0.1, 0.15) is 18.5 Å². The Bertz CT molecular complexity index is 871. The zero-order chi connectivity index (χ0) is 18.6. The van der Waals surface area contributed by atoms with Gasteiger partial charge in [-0.15, -0.1) is 0 Å². The van der Waals surface area contributed by atoms with Crippen LogP contribution in [-0.2, 0) is 9.84 Å². The molecule has 0 spiro atoms. The average molecular weight is 368 g/mol. The number of phenolic OH excluding ortho intramolecular Hbond substituents is 1. The molecule has 0 radical (unpaired) electrons. The van der Waals surface area contributed by atoms with Crippen molar-refractivity contribution in [1.82, 2.24) is 0 Å². The minimum Gasteiger partial charge on any atom is -0.508 e. The molecular formula is C17H18F2N2O3S. The largest absolute Gasteiger partial charge is 0.508 e. The lowest BCUT2D eigenvalue weighted by atomic mass is 10.1. The lowest BCUT2D eigenvalue weighted by Gasteiger charge is -2.24. The number of aliphatic imine (C=N–C) groups is 1. The lowest BCUT2D eigenvalue weighted by Crippen LogP contribution is -2.40. The molecule has 5 nitrogen and oxygen atoms in total. The molecule has 0 saturated heterocycles. The van der Waals surface area contributed by atoms with Crippen molar-refractivity contribution in [3.63, 3.8) is 0 Å². The van der Waals surface area contributed by atoms with Crippen LogP contribution in [0.3, 0.4) is 0 Å². The van der Waals surface area contributed by atoms with Crippen LogP contribution < -0.4 is 5.73 Å². The first-order chi connectivity index (χ1) is 11.7. The Kier molecular flexibility index (Phi) is 5.73. The van der Waals surface area contributed by atoms with Crippen molar-refractivity contribution in [2.45, 2.75) is 18.2 Å². The third-order valence-electron chi connectivity index (χ3n) is 3.72. The molecule has 1 aliphatic heterocycles. The summed E-state index contributed by atoms with van der Waals surface area (Å²) in [6.45, 7) is 1.42. The highest BCUT2D eigenvalue weighted by atomic mass is 32.2. The van der Waals surface area contributed by atoms with Crippen LogP contribution in [-0.4, -0.2) is 30.4 Å². The van der Waals surface area contributed by atoms with Crippen molar-refractivity contribution in [1.29, 1.82) is 0 Å². The zero-order valence-corrected chi connectivity index (χ0v) is 14.2. The molecule has 0 saturated carbocycles. The second-order valence-electron chi connectivity index (χ2n) is 5.54. The van der Waals surface area contributed by atoms with Crippen LogP contribution in [0.25, 0.3) is 0 Å². The van der Waals surface area contributed by atoms with Gasteiger partial charge in [0.2, 0.25) is 0 Å². The summed E-state index contributed by atoms with van der Waals surface area (Å²) >= 11 is 0. The van der Waals surface area contributed by atoms with E-state index in [-0.39, 0.29) is 17.2 Å². The summed E-state index contributed by atoms with van der Waals surface area (Å²) in [7, 11) is -3.48. The highest BCUT2D eigenvalue weighted by Gasteiger charge is 2.34. The number of sulfone groups is 1. The molecule has 0 aliphatic carbocycles. The molecule has 3 rings (SSSR count). The summed E-state index contributed by atoms with van der Waals surface area (Å²) in [5, 5.41) is 7.75. The number of amidine groups is 1. The van der Waals surface area contributed by atoms with Gasteiger partial charge in [-0.1, -0.05) is 18.2 Å². The van der Waals surface area contributed by atoms with Gasteiger partial charge < -0.3 is 10.8 Å². The average Bonchev–Trinajstić information content (AvgIpc) is 2.55. The highest BCUT2D eigenvalue weighted by molar-refractivity contribution is 7.92. The summed E-state index contributed by atoms with van der Waals surface area (Å²) in [4.78, 5) is 3.94. The Balaban J connectivity index is 0.000000269. The molecule has 1 heterocycles. The topological polar surface area (TPSA) is 92.8 Å². The number of aromatic hydroxyl groups is 1. The predicted octanol–water partition coefficient (Wildman–Crippen LogP) is 2.57. The van der Waals surface area contributed by atoms with Gasteiger partial charge in [0.05, 0.1) is 11.8 Å². The van der Waals surface area contributed by atoms with Crippen LogP contribution in [0.15, 0.2) is 53.5 Å². The van der Waals surface area contributed by atoms with Gasteiger partial charge in [-0.05, 0) is 37.3 Å². The molecule has 134 valence electrons. The standard InChI is InChI=1S/C11H12F2N2O2S.C6H6O/c1-6-11(14)15-10(5-18(6,16)17)8-4-7(12)2-3-9(8)13;7-6-4-2-1-3-5-6/h2-4,6,10H,5H2,1H3,(H2,14,15);1-5,7H. The number of para-hydroxylation sites is 1. The molecular weight excluding hydrogens is 350 g/mol. The van der Waals surface area contributed by atoms with Crippen molar-refractivity contribution < 1.29 is 22.3 Å². The molecule has 2 atom stereocenters. The number of rotatable bonds is 1. The van der Waals surface area contributed by atoms with Crippen molar-refractivity contribution in [3.8, 4) is 5.75 Å². The Morgan fingerprint density at radius 2 is 1.80 bits per heavy atom. The van der Waals surface area contributed by atoms with Crippen LogP contribution >= 0.6 is 0 Å². The molecule has 1 aliphatic rings. The van der Waals surface area contributed by atoms with E-state index in [9.17, 15) is 17.2 Å². The third-order valence-corrected chi connectivity index (χ3v) is 5.82. The summed E-state index contributed by atoms with van der Waals surface area (Å²) in [6.07, 6.45) is 0. The maximum Gasteiger partial charge on any atom is 0.162 e. The van der Waals surface area contributed by atoms with Crippen LogP contribution in [0.4, 0.5) is 8.78 Å². The quantitative estimate of drug-likeness (QED) is 0.809. The van der Waals surface area contributed by atoms with E-state index in [0.29, 0.717) is 5.75 Å². The third kappa shape index (κ3) is 4.76. The van der Waals surface area contributed by atoms with Gasteiger partial charge in [0.25, 0.3) is 0 Å². The lowest BCUT2D eigenvalue weighted by molar-refractivity contribution is 0.475. The van der Waals surface area contributed by atoms with Crippen LogP contribution in [0.5, 0.6) is 5.75 Å². The normalized spacial score (nSPS) is 21.6. The van der Waals surface area contributed by atoms with E-state index in [4.69, 9.17) is 10.8 Å². The van der Waals surface area contributed by atoms with Gasteiger partial charge in [0.15, 0.2) is 9.84 Å². The summed E-state index contributed by atoms with van der Waals surface area (Å²) in [5.74, 6) is -1.45. The van der Waals surface area contributed by atoms with E-state index in [1.54, 1.807) is 24.3 Å². The number of hydrogen-bond donors (Lipinski definition) is 2. The Hall–Kier alpha value is -2.48. The molecule has 0 aromatic heterocycles. The summed E-state index contributed by atoms with van der Waals surface area (Å²) in [6, 6.07) is 10.6. The number of nitrogens with zero attached hydrogens (tertiary/aromatic N) is 1. The fraction of sp³-hybridized carbons (Fsp3) is 0.235. The highest BCUT2D eigenvalue weighted by Crippen LogP contribution is 2.28. The van der Waals surface area contributed by atoms with Crippen molar-refractivity contribution in [2.75, 3.05) is 5.75 Å². The molecule has 2 aromatic rings. The fourth-order valence-corrected chi connectivity index (χ4v) is 3.64. The van der Waals surface area contributed by atoms with Gasteiger partial charge in [-0.3, -0.25) is 4.99 Å². The molecule has 2 unspecified atom stereocenters. The monoisotopic (exact) mass is 368 g/mol. The zero-order valence-electron chi connectivity index (χ0n) is 13.4. The molecule has 3 N–H and O–H groups in total. The van der Waals surface area contributed by atoms with Crippen molar-refractivity contribution in [3.05, 3.63) is 65.7 Å². The Labute approximate surface area is 144 Å². The van der Waals surface area contributed by atoms with E-state index >= 15 is 0 Å². The number of halogens is 2. The number of hydrogen-bond acceptors (Lipinski definition) is 5. The predicted molar refractivity (Wildman–Crippen MR) is 92.1 cm³/mol. The number of benzene rings is 2. The molecule has 8 heteroatoms. The first-order valence-corrected chi connectivity index (χ1v) is 9.16. The van der Waals surface area contributed by atoms with E-state index in [1.807, 2.05) is 6.07 Å². The minimum atomic E-state index is -3.48. The van der Waals surface area contributed by atoms with Crippen molar-refractivity contribution >= 4 is 15.7 Å². The number of nitrogens with two attached hydrogens (primary N) is 1. The summed E-state index contributed by atoms with van der Waals surface area (Å²) < 4.78 is 50.2. The van der Waals surface area contributed by atoms with E-state index in [0.717, 1.165) is 18.2 Å². The maximum atomic E-state index is 13.6. The van der Waals surface area contributed by atoms with Crippen molar-refractivity contribution in [2.24, 2.45) is 10.7 Å². The SMILES string of the molecule is CC1C(N)=NC(c2cc(F)ccc2F)CS1(=O)=O.Oc1ccccc1. The van der Waals surface area contributed by atoms with E-state index < -0.39 is 32.8 Å². The molecule has 0 bridgehead atoms. The van der Waals surface area contributed by atoms with Gasteiger partial charge in [0.1, 0.15) is 28.5 Å². The van der Waals surface area contributed by atoms with Gasteiger partial charge >= 0.3 is 0 Å². The fourth-order valence-electron chi connectivity index (χ4n) is 2.23. The second-order valence-corrected chi connectivity index (χ2v) is 7.91. The Morgan fingerprint density at radius 1 is 1.16 bits per heavy atom. The molecule has 0 fully saturated rings. The number of phenols is 1. The summed E-state index contributed by atoms with van der Waals surface area (Å²) in [5.41, 5.74) is 5.43. The van der Waals surface area contributed by atoms with Crippen LogP contribution in [0.2, 0.25) is 0 Å². The first-order valence-electron chi connectivity index (χ1n) is 7.44. The van der Waals surface area contributed by atoms with Crippen LogP contribution in [0, 0.1) is 11.6 Å². The van der Waals surface area contributed by atoms with Gasteiger partial charge in [-0.2, -0.15) is 0 Å². The first kappa shape index (κ1) is 18.9. The second kappa shape index (κ2) is 7.60. The molecule has 25 heavy (non-hydrogen) atoms. The minimum absolute atomic E-state index is 0.0742.